The van der Waals surface area contributed by atoms with Crippen LogP contribution < -0.4 is 10.2 Å². The first-order chi connectivity index (χ1) is 9.79. The maximum Gasteiger partial charge on any atom is 0.393 e. The van der Waals surface area contributed by atoms with Gasteiger partial charge in [0.15, 0.2) is 0 Å². The van der Waals surface area contributed by atoms with E-state index in [9.17, 15) is 22.4 Å². The third-order valence-corrected chi connectivity index (χ3v) is 3.72. The van der Waals surface area contributed by atoms with Crippen LogP contribution in [0.4, 0.5) is 23.2 Å². The highest BCUT2D eigenvalue weighted by atomic mass is 19.4. The molecule has 1 fully saturated rings. The van der Waals surface area contributed by atoms with Gasteiger partial charge in [-0.3, -0.25) is 4.79 Å². The Balaban J connectivity index is 1.97. The summed E-state index contributed by atoms with van der Waals surface area (Å²) in [7, 11) is 1.52. The topological polar surface area (TPSA) is 32.3 Å². The summed E-state index contributed by atoms with van der Waals surface area (Å²) in [5.41, 5.74) is 0.501. The summed E-state index contributed by atoms with van der Waals surface area (Å²) in [6, 6.07) is 4.72. The number of hydrogen-bond acceptors (Lipinski definition) is 2. The van der Waals surface area contributed by atoms with Gasteiger partial charge in [0, 0.05) is 19.3 Å². The monoisotopic (exact) mass is 304 g/mol. The van der Waals surface area contributed by atoms with Crippen LogP contribution in [0.25, 0.3) is 0 Å². The third kappa shape index (κ3) is 3.72. The van der Waals surface area contributed by atoms with Crippen molar-refractivity contribution >= 4 is 11.6 Å². The minimum absolute atomic E-state index is 0.0653. The number of anilines is 1. The lowest BCUT2D eigenvalue weighted by atomic mass is 9.93. The van der Waals surface area contributed by atoms with Crippen LogP contribution in [0.1, 0.15) is 12.8 Å². The predicted molar refractivity (Wildman–Crippen MR) is 70.4 cm³/mol. The van der Waals surface area contributed by atoms with Crippen LogP contribution in [0.2, 0.25) is 0 Å². The quantitative estimate of drug-likeness (QED) is 0.852. The molecule has 1 aromatic carbocycles. The molecule has 0 aromatic heterocycles. The molecular weight excluding hydrogens is 288 g/mol. The molecule has 2 atom stereocenters. The maximum absolute atomic E-state index is 12.8. The van der Waals surface area contributed by atoms with Crippen molar-refractivity contribution in [3.8, 4) is 0 Å². The largest absolute Gasteiger partial charge is 0.393 e. The fourth-order valence-electron chi connectivity index (χ4n) is 2.37. The summed E-state index contributed by atoms with van der Waals surface area (Å²) in [5, 5.41) is 2.65. The lowest BCUT2D eigenvalue weighted by molar-refractivity contribution is -0.180. The Hall–Kier alpha value is -1.63. The first kappa shape index (κ1) is 15.8. The second kappa shape index (κ2) is 6.01. The van der Waals surface area contributed by atoms with Gasteiger partial charge in [-0.05, 0) is 37.1 Å². The predicted octanol–water partition coefficient (Wildman–Crippen LogP) is 2.72. The smallest absolute Gasteiger partial charge is 0.314 e. The van der Waals surface area contributed by atoms with E-state index in [2.05, 4.69) is 5.32 Å². The van der Waals surface area contributed by atoms with Gasteiger partial charge in [-0.2, -0.15) is 13.2 Å². The van der Waals surface area contributed by atoms with Crippen molar-refractivity contribution in [2.24, 2.45) is 5.92 Å². The van der Waals surface area contributed by atoms with Crippen LogP contribution in [-0.2, 0) is 4.79 Å². The molecule has 1 aliphatic rings. The van der Waals surface area contributed by atoms with E-state index >= 15 is 0 Å². The number of rotatable bonds is 2. The van der Waals surface area contributed by atoms with E-state index in [4.69, 9.17) is 0 Å². The van der Waals surface area contributed by atoms with Crippen molar-refractivity contribution in [3.05, 3.63) is 30.1 Å². The molecule has 0 radical (unpaired) electrons. The minimum Gasteiger partial charge on any atom is -0.314 e. The number of benzene rings is 1. The van der Waals surface area contributed by atoms with Crippen LogP contribution in [0.3, 0.4) is 0 Å². The number of hydrogen-bond donors (Lipinski definition) is 1. The molecule has 1 heterocycles. The first-order valence-electron chi connectivity index (χ1n) is 6.62. The molecule has 1 aromatic rings. The van der Waals surface area contributed by atoms with Crippen LogP contribution >= 0.6 is 0 Å². The maximum atomic E-state index is 12.8. The van der Waals surface area contributed by atoms with Crippen LogP contribution in [-0.4, -0.2) is 31.7 Å². The van der Waals surface area contributed by atoms with Crippen molar-refractivity contribution < 1.29 is 22.4 Å². The Bertz CT molecular complexity index is 493. The molecule has 0 aliphatic carbocycles. The third-order valence-electron chi connectivity index (χ3n) is 3.72. The van der Waals surface area contributed by atoms with Crippen LogP contribution in [0.5, 0.6) is 0 Å². The Morgan fingerprint density at radius 2 is 1.86 bits per heavy atom. The Morgan fingerprint density at radius 1 is 1.24 bits per heavy atom. The number of amides is 1. The normalized spacial score (nSPS) is 22.9. The van der Waals surface area contributed by atoms with E-state index in [1.54, 1.807) is 0 Å². The van der Waals surface area contributed by atoms with E-state index in [1.807, 2.05) is 0 Å². The highest BCUT2D eigenvalue weighted by Gasteiger charge is 2.42. The summed E-state index contributed by atoms with van der Waals surface area (Å²) >= 11 is 0. The SMILES string of the molecule is CN(C(=O)C1CCC(C(F)(F)F)CN1)c1ccc(F)cc1. The average Bonchev–Trinajstić information content (AvgIpc) is 2.46. The number of likely N-dealkylation sites (N-methyl/N-ethyl adjacent to an activating group) is 1. The zero-order valence-electron chi connectivity index (χ0n) is 11.5. The van der Waals surface area contributed by atoms with E-state index in [1.165, 1.54) is 36.2 Å². The van der Waals surface area contributed by atoms with Gasteiger partial charge in [0.2, 0.25) is 5.91 Å². The van der Waals surface area contributed by atoms with Crippen LogP contribution in [0.15, 0.2) is 24.3 Å². The van der Waals surface area contributed by atoms with Gasteiger partial charge in [-0.25, -0.2) is 4.39 Å². The van der Waals surface area contributed by atoms with Gasteiger partial charge < -0.3 is 10.2 Å². The molecular formula is C14H16F4N2O. The van der Waals surface area contributed by atoms with Gasteiger partial charge in [0.1, 0.15) is 5.82 Å². The van der Waals surface area contributed by atoms with E-state index in [0.717, 1.165) is 0 Å². The zero-order chi connectivity index (χ0) is 15.6. The molecule has 116 valence electrons. The van der Waals surface area contributed by atoms with E-state index in [-0.39, 0.29) is 25.3 Å². The van der Waals surface area contributed by atoms with Crippen molar-refractivity contribution in [1.29, 1.82) is 0 Å². The second-order valence-electron chi connectivity index (χ2n) is 5.15. The van der Waals surface area contributed by atoms with Crippen molar-refractivity contribution in [2.45, 2.75) is 25.1 Å². The van der Waals surface area contributed by atoms with Crippen molar-refractivity contribution in [2.75, 3.05) is 18.5 Å². The van der Waals surface area contributed by atoms with Gasteiger partial charge in [0.05, 0.1) is 12.0 Å². The lowest BCUT2D eigenvalue weighted by Gasteiger charge is -2.32. The summed E-state index contributed by atoms with van der Waals surface area (Å²) in [6.45, 7) is -0.253. The average molecular weight is 304 g/mol. The molecule has 1 amide bonds. The summed E-state index contributed by atoms with van der Waals surface area (Å²) < 4.78 is 50.5. The van der Waals surface area contributed by atoms with Gasteiger partial charge in [-0.1, -0.05) is 0 Å². The second-order valence-corrected chi connectivity index (χ2v) is 5.15. The molecule has 1 N–H and O–H groups in total. The van der Waals surface area contributed by atoms with Crippen LogP contribution in [0, 0.1) is 11.7 Å². The molecule has 21 heavy (non-hydrogen) atoms. The molecule has 3 nitrogen and oxygen atoms in total. The standard InChI is InChI=1S/C14H16F4N2O/c1-20(11-5-3-10(15)4-6-11)13(21)12-7-2-9(8-19-12)14(16,17)18/h3-6,9,12,19H,2,7-8H2,1H3. The fraction of sp³-hybridized carbons (Fsp3) is 0.500. The van der Waals surface area contributed by atoms with Gasteiger partial charge >= 0.3 is 6.18 Å². The summed E-state index contributed by atoms with van der Waals surface area (Å²) in [6.07, 6.45) is -4.16. The molecule has 2 rings (SSSR count). The number of alkyl halides is 3. The number of carbonyl (C=O) groups is 1. The molecule has 1 aliphatic heterocycles. The fourth-order valence-corrected chi connectivity index (χ4v) is 2.37. The highest BCUT2D eigenvalue weighted by molar-refractivity contribution is 5.96. The highest BCUT2D eigenvalue weighted by Crippen LogP contribution is 2.32. The number of piperidine rings is 1. The Kier molecular flexibility index (Phi) is 4.51. The van der Waals surface area contributed by atoms with Crippen molar-refractivity contribution in [3.63, 3.8) is 0 Å². The molecule has 0 spiro atoms. The molecule has 0 bridgehead atoms. The zero-order valence-corrected chi connectivity index (χ0v) is 11.5. The lowest BCUT2D eigenvalue weighted by Crippen LogP contribution is -2.51. The van der Waals surface area contributed by atoms with E-state index < -0.39 is 24.0 Å². The number of nitrogens with zero attached hydrogens (tertiary/aromatic N) is 1. The Labute approximate surface area is 119 Å². The molecule has 1 saturated heterocycles. The Morgan fingerprint density at radius 3 is 2.33 bits per heavy atom. The molecule has 0 saturated carbocycles. The van der Waals surface area contributed by atoms with Gasteiger partial charge in [-0.15, -0.1) is 0 Å². The first-order valence-corrected chi connectivity index (χ1v) is 6.62. The van der Waals surface area contributed by atoms with E-state index in [0.29, 0.717) is 5.69 Å². The molecule has 2 unspecified atom stereocenters. The summed E-state index contributed by atoms with van der Waals surface area (Å²) in [4.78, 5) is 13.6. The number of halogens is 4. The van der Waals surface area contributed by atoms with Crippen molar-refractivity contribution in [1.82, 2.24) is 5.32 Å². The number of carbonyl (C=O) groups excluding carboxylic acids is 1. The van der Waals surface area contributed by atoms with Gasteiger partial charge in [0.25, 0.3) is 0 Å². The molecule has 7 heteroatoms. The number of nitrogens with one attached hydrogen (secondary N) is 1. The minimum atomic E-state index is -4.23. The summed E-state index contributed by atoms with van der Waals surface area (Å²) in [5.74, 6) is -2.14.